The molecule has 1 unspecified atom stereocenters. The molecule has 0 amide bonds. The molecule has 0 spiro atoms. The molecule has 21 heavy (non-hydrogen) atoms. The third kappa shape index (κ3) is 2.23. The van der Waals surface area contributed by atoms with Crippen LogP contribution >= 0.6 is 11.3 Å². The number of hydrogen-bond acceptors (Lipinski definition) is 5. The lowest BCUT2D eigenvalue weighted by molar-refractivity contribution is 0.257. The summed E-state index contributed by atoms with van der Waals surface area (Å²) in [5.74, 6) is 1.19. The first-order valence-electron chi connectivity index (χ1n) is 7.90. The Labute approximate surface area is 129 Å². The van der Waals surface area contributed by atoms with Gasteiger partial charge in [0.2, 0.25) is 0 Å². The number of hydrogen-bond donors (Lipinski definition) is 0. The Morgan fingerprint density at radius 1 is 1.24 bits per heavy atom. The standard InChI is InChI=1S/C16H22N4S/c1-19(2)11-5-4-8-20(9-11)15-14-12-6-3-7-13(12)21-16(14)18-10-17-15/h10-11H,3-9H2,1-2H3. The van der Waals surface area contributed by atoms with E-state index in [4.69, 9.17) is 0 Å². The van der Waals surface area contributed by atoms with Crippen LogP contribution in [0.25, 0.3) is 10.2 Å². The second-order valence-corrected chi connectivity index (χ2v) is 7.52. The molecule has 2 aromatic rings. The second-order valence-electron chi connectivity index (χ2n) is 6.44. The summed E-state index contributed by atoms with van der Waals surface area (Å²) in [7, 11) is 4.37. The van der Waals surface area contributed by atoms with Crippen molar-refractivity contribution in [3.63, 3.8) is 0 Å². The van der Waals surface area contributed by atoms with Crippen molar-refractivity contribution in [3.05, 3.63) is 16.8 Å². The predicted octanol–water partition coefficient (Wildman–Crippen LogP) is 2.71. The van der Waals surface area contributed by atoms with Crippen LogP contribution in [-0.4, -0.2) is 48.1 Å². The lowest BCUT2D eigenvalue weighted by Gasteiger charge is -2.37. The van der Waals surface area contributed by atoms with Crippen molar-refractivity contribution in [1.29, 1.82) is 0 Å². The van der Waals surface area contributed by atoms with Crippen molar-refractivity contribution < 1.29 is 0 Å². The molecule has 4 rings (SSSR count). The van der Waals surface area contributed by atoms with Gasteiger partial charge < -0.3 is 9.80 Å². The van der Waals surface area contributed by atoms with Gasteiger partial charge in [-0.1, -0.05) is 0 Å². The average Bonchev–Trinajstić information content (AvgIpc) is 3.07. The number of likely N-dealkylation sites (N-methyl/N-ethyl adjacent to an activating group) is 1. The van der Waals surface area contributed by atoms with Gasteiger partial charge in [0.25, 0.3) is 0 Å². The molecule has 1 aliphatic heterocycles. The zero-order valence-electron chi connectivity index (χ0n) is 12.8. The molecule has 5 heteroatoms. The zero-order chi connectivity index (χ0) is 14.4. The maximum atomic E-state index is 4.68. The largest absolute Gasteiger partial charge is 0.354 e. The summed E-state index contributed by atoms with van der Waals surface area (Å²) in [4.78, 5) is 16.8. The minimum Gasteiger partial charge on any atom is -0.354 e. The van der Waals surface area contributed by atoms with E-state index in [-0.39, 0.29) is 0 Å². The molecular weight excluding hydrogens is 280 g/mol. The Balaban J connectivity index is 1.76. The lowest BCUT2D eigenvalue weighted by Crippen LogP contribution is -2.45. The van der Waals surface area contributed by atoms with E-state index in [2.05, 4.69) is 33.9 Å². The summed E-state index contributed by atoms with van der Waals surface area (Å²) in [6.07, 6.45) is 8.03. The van der Waals surface area contributed by atoms with Gasteiger partial charge >= 0.3 is 0 Å². The molecule has 4 nitrogen and oxygen atoms in total. The Bertz CT molecular complexity index is 664. The van der Waals surface area contributed by atoms with Crippen molar-refractivity contribution in [1.82, 2.24) is 14.9 Å². The molecule has 0 bridgehead atoms. The Kier molecular flexibility index (Phi) is 3.34. The van der Waals surface area contributed by atoms with Crippen LogP contribution < -0.4 is 4.90 Å². The van der Waals surface area contributed by atoms with E-state index < -0.39 is 0 Å². The molecule has 1 atom stereocenters. The monoisotopic (exact) mass is 302 g/mol. The van der Waals surface area contributed by atoms with Gasteiger partial charge in [-0.3, -0.25) is 0 Å². The van der Waals surface area contributed by atoms with Gasteiger partial charge in [0.05, 0.1) is 5.39 Å². The van der Waals surface area contributed by atoms with Crippen molar-refractivity contribution in [2.45, 2.75) is 38.1 Å². The first-order chi connectivity index (χ1) is 10.2. The summed E-state index contributed by atoms with van der Waals surface area (Å²) in [5.41, 5.74) is 1.54. The summed E-state index contributed by atoms with van der Waals surface area (Å²) >= 11 is 1.88. The molecule has 0 radical (unpaired) electrons. The summed E-state index contributed by atoms with van der Waals surface area (Å²) in [5, 5.41) is 1.36. The van der Waals surface area contributed by atoms with Crippen molar-refractivity contribution in [3.8, 4) is 0 Å². The molecule has 1 saturated heterocycles. The van der Waals surface area contributed by atoms with E-state index in [1.807, 2.05) is 11.3 Å². The highest BCUT2D eigenvalue weighted by molar-refractivity contribution is 7.19. The van der Waals surface area contributed by atoms with E-state index in [1.54, 1.807) is 11.2 Å². The van der Waals surface area contributed by atoms with E-state index in [1.165, 1.54) is 53.7 Å². The van der Waals surface area contributed by atoms with Crippen LogP contribution in [0, 0.1) is 0 Å². The zero-order valence-corrected chi connectivity index (χ0v) is 13.6. The molecule has 1 aliphatic carbocycles. The fourth-order valence-electron chi connectivity index (χ4n) is 3.72. The minimum atomic E-state index is 0.635. The first kappa shape index (κ1) is 13.5. The molecule has 0 N–H and O–H groups in total. The fraction of sp³-hybridized carbons (Fsp3) is 0.625. The smallest absolute Gasteiger partial charge is 0.141 e. The van der Waals surface area contributed by atoms with Crippen LogP contribution in [0.15, 0.2) is 6.33 Å². The Hall–Kier alpha value is -1.20. The van der Waals surface area contributed by atoms with E-state index in [0.29, 0.717) is 6.04 Å². The molecular formula is C16H22N4S. The van der Waals surface area contributed by atoms with Gasteiger partial charge in [0.15, 0.2) is 0 Å². The number of nitrogens with zero attached hydrogens (tertiary/aromatic N) is 4. The number of aryl methyl sites for hydroxylation is 2. The highest BCUT2D eigenvalue weighted by atomic mass is 32.1. The summed E-state index contributed by atoms with van der Waals surface area (Å²) < 4.78 is 0. The number of anilines is 1. The van der Waals surface area contributed by atoms with Gasteiger partial charge in [-0.2, -0.15) is 0 Å². The quantitative estimate of drug-likeness (QED) is 0.854. The van der Waals surface area contributed by atoms with Gasteiger partial charge in [0, 0.05) is 24.0 Å². The number of thiophene rings is 1. The van der Waals surface area contributed by atoms with Gasteiger partial charge in [0.1, 0.15) is 17.0 Å². The third-order valence-electron chi connectivity index (χ3n) is 4.91. The van der Waals surface area contributed by atoms with E-state index in [0.717, 1.165) is 13.1 Å². The molecule has 0 aromatic carbocycles. The van der Waals surface area contributed by atoms with Gasteiger partial charge in [-0.15, -0.1) is 11.3 Å². The molecule has 1 fully saturated rings. The Morgan fingerprint density at radius 2 is 2.14 bits per heavy atom. The van der Waals surface area contributed by atoms with Crippen molar-refractivity contribution >= 4 is 27.4 Å². The number of fused-ring (bicyclic) bond motifs is 3. The molecule has 0 saturated carbocycles. The predicted molar refractivity (Wildman–Crippen MR) is 88.4 cm³/mol. The molecule has 112 valence electrons. The second kappa shape index (κ2) is 5.21. The van der Waals surface area contributed by atoms with Crippen LogP contribution in [0.3, 0.4) is 0 Å². The summed E-state index contributed by atoms with van der Waals surface area (Å²) in [6.45, 7) is 2.21. The SMILES string of the molecule is CN(C)C1CCCN(c2ncnc3sc4c(c23)CCC4)C1. The molecule has 3 heterocycles. The number of rotatable bonds is 2. The van der Waals surface area contributed by atoms with Crippen LogP contribution in [0.5, 0.6) is 0 Å². The van der Waals surface area contributed by atoms with Crippen LogP contribution in [0.1, 0.15) is 29.7 Å². The number of aromatic nitrogens is 2. The maximum Gasteiger partial charge on any atom is 0.141 e. The fourth-order valence-corrected chi connectivity index (χ4v) is 4.94. The van der Waals surface area contributed by atoms with Crippen LogP contribution in [-0.2, 0) is 12.8 Å². The lowest BCUT2D eigenvalue weighted by atomic mass is 10.0. The summed E-state index contributed by atoms with van der Waals surface area (Å²) in [6, 6.07) is 0.635. The topological polar surface area (TPSA) is 32.3 Å². The first-order valence-corrected chi connectivity index (χ1v) is 8.72. The average molecular weight is 302 g/mol. The maximum absolute atomic E-state index is 4.68. The minimum absolute atomic E-state index is 0.635. The van der Waals surface area contributed by atoms with Crippen molar-refractivity contribution in [2.75, 3.05) is 32.1 Å². The molecule has 2 aliphatic rings. The highest BCUT2D eigenvalue weighted by Gasteiger charge is 2.27. The highest BCUT2D eigenvalue weighted by Crippen LogP contribution is 2.40. The van der Waals surface area contributed by atoms with Crippen molar-refractivity contribution in [2.24, 2.45) is 0 Å². The normalized spacial score (nSPS) is 22.2. The van der Waals surface area contributed by atoms with Crippen LogP contribution in [0.4, 0.5) is 5.82 Å². The van der Waals surface area contributed by atoms with Gasteiger partial charge in [-0.05, 0) is 51.8 Å². The Morgan fingerprint density at radius 3 is 3.00 bits per heavy atom. The van der Waals surface area contributed by atoms with Gasteiger partial charge in [-0.25, -0.2) is 9.97 Å². The van der Waals surface area contributed by atoms with Crippen LogP contribution in [0.2, 0.25) is 0 Å². The van der Waals surface area contributed by atoms with E-state index >= 15 is 0 Å². The third-order valence-corrected chi connectivity index (χ3v) is 6.11. The molecule has 2 aromatic heterocycles. The van der Waals surface area contributed by atoms with E-state index in [9.17, 15) is 0 Å². The number of piperidine rings is 1.